The first kappa shape index (κ1) is 22.5. The standard InChI is InChI=1S/C26H22F2N6O/c1-17-14-33(16-30-17)22-8-4-18(12-23(22)35-2)5-9-24-31-25-26(15-29,10-3-11-34(25)32-24)19-6-7-20(27)21(28)13-19/h4-9,12-14,16H,3,10-11H2,1-2H3. The molecule has 0 radical (unpaired) electrons. The van der Waals surface area contributed by atoms with Crippen LogP contribution >= 0.6 is 0 Å². The summed E-state index contributed by atoms with van der Waals surface area (Å²) in [6.45, 7) is 2.52. The van der Waals surface area contributed by atoms with Crippen LogP contribution in [0.2, 0.25) is 0 Å². The van der Waals surface area contributed by atoms with Crippen LogP contribution in [0.1, 0.15) is 41.3 Å². The molecular weight excluding hydrogens is 450 g/mol. The first-order valence-electron chi connectivity index (χ1n) is 11.1. The Morgan fingerprint density at radius 1 is 1.14 bits per heavy atom. The highest BCUT2D eigenvalue weighted by molar-refractivity contribution is 5.69. The SMILES string of the molecule is COc1cc(C=Cc2nc3n(n2)CCCC3(C#N)c2ccc(F)c(F)c2)ccc1-n1cnc(C)c1. The second-order valence-corrected chi connectivity index (χ2v) is 8.45. The van der Waals surface area contributed by atoms with E-state index in [9.17, 15) is 14.0 Å². The van der Waals surface area contributed by atoms with Gasteiger partial charge in [-0.05, 0) is 61.2 Å². The lowest BCUT2D eigenvalue weighted by Gasteiger charge is -2.30. The van der Waals surface area contributed by atoms with Gasteiger partial charge in [-0.1, -0.05) is 18.2 Å². The van der Waals surface area contributed by atoms with E-state index in [1.54, 1.807) is 24.2 Å². The van der Waals surface area contributed by atoms with Crippen LogP contribution in [0.3, 0.4) is 0 Å². The quantitative estimate of drug-likeness (QED) is 0.416. The molecule has 176 valence electrons. The van der Waals surface area contributed by atoms with Gasteiger partial charge in [0.25, 0.3) is 0 Å². The molecule has 2 aromatic carbocycles. The highest BCUT2D eigenvalue weighted by Gasteiger charge is 2.42. The molecule has 5 rings (SSSR count). The minimum Gasteiger partial charge on any atom is -0.495 e. The minimum atomic E-state index is -1.19. The number of fused-ring (bicyclic) bond motifs is 1. The molecule has 2 aromatic heterocycles. The predicted molar refractivity (Wildman–Crippen MR) is 126 cm³/mol. The second-order valence-electron chi connectivity index (χ2n) is 8.45. The van der Waals surface area contributed by atoms with Gasteiger partial charge in [0, 0.05) is 12.7 Å². The van der Waals surface area contributed by atoms with E-state index in [1.807, 2.05) is 42.0 Å². The van der Waals surface area contributed by atoms with Crippen molar-refractivity contribution in [3.8, 4) is 17.5 Å². The summed E-state index contributed by atoms with van der Waals surface area (Å²) in [4.78, 5) is 8.87. The van der Waals surface area contributed by atoms with Gasteiger partial charge in [0.05, 0.1) is 30.9 Å². The molecular formula is C26H22F2N6O. The minimum absolute atomic E-state index is 0.373. The number of imidazole rings is 1. The maximum atomic E-state index is 14.0. The lowest BCUT2D eigenvalue weighted by Crippen LogP contribution is -2.34. The Hall–Kier alpha value is -4.32. The molecule has 35 heavy (non-hydrogen) atoms. The molecule has 3 heterocycles. The molecule has 9 heteroatoms. The molecule has 0 spiro atoms. The van der Waals surface area contributed by atoms with Crippen LogP contribution in [-0.2, 0) is 12.0 Å². The fourth-order valence-corrected chi connectivity index (χ4v) is 4.45. The zero-order chi connectivity index (χ0) is 24.6. The third kappa shape index (κ3) is 3.97. The summed E-state index contributed by atoms with van der Waals surface area (Å²) in [5.74, 6) is -0.398. The van der Waals surface area contributed by atoms with Gasteiger partial charge < -0.3 is 9.30 Å². The number of aromatic nitrogens is 5. The Kier molecular flexibility index (Phi) is 5.65. The van der Waals surface area contributed by atoms with Crippen molar-refractivity contribution in [1.82, 2.24) is 24.3 Å². The topological polar surface area (TPSA) is 81.5 Å². The summed E-state index contributed by atoms with van der Waals surface area (Å²) in [5, 5.41) is 14.7. The van der Waals surface area contributed by atoms with Gasteiger partial charge >= 0.3 is 0 Å². The fourth-order valence-electron chi connectivity index (χ4n) is 4.45. The molecule has 0 amide bonds. The van der Waals surface area contributed by atoms with Crippen LogP contribution < -0.4 is 4.74 Å². The average molecular weight is 472 g/mol. The first-order chi connectivity index (χ1) is 16.9. The Bertz CT molecular complexity index is 1480. The third-order valence-corrected chi connectivity index (χ3v) is 6.21. The predicted octanol–water partition coefficient (Wildman–Crippen LogP) is 4.83. The number of benzene rings is 2. The van der Waals surface area contributed by atoms with E-state index in [0.717, 1.165) is 29.1 Å². The van der Waals surface area contributed by atoms with Crippen molar-refractivity contribution in [2.45, 2.75) is 31.7 Å². The van der Waals surface area contributed by atoms with Crippen LogP contribution in [-0.4, -0.2) is 31.4 Å². The number of ether oxygens (including phenoxy) is 1. The normalized spacial score (nSPS) is 17.3. The maximum Gasteiger partial charge on any atom is 0.174 e. The smallest absolute Gasteiger partial charge is 0.174 e. The summed E-state index contributed by atoms with van der Waals surface area (Å²) in [6, 6.07) is 11.6. The van der Waals surface area contributed by atoms with Gasteiger partial charge in [-0.15, -0.1) is 0 Å². The van der Waals surface area contributed by atoms with Gasteiger partial charge in [0.15, 0.2) is 23.3 Å². The van der Waals surface area contributed by atoms with Crippen molar-refractivity contribution in [3.05, 3.63) is 89.0 Å². The van der Waals surface area contributed by atoms with Crippen LogP contribution in [0.15, 0.2) is 48.9 Å². The molecule has 0 bridgehead atoms. The van der Waals surface area contributed by atoms with Gasteiger partial charge in [-0.25, -0.2) is 23.4 Å². The van der Waals surface area contributed by atoms with Crippen LogP contribution in [0.25, 0.3) is 17.8 Å². The van der Waals surface area contributed by atoms with Crippen LogP contribution in [0.5, 0.6) is 5.75 Å². The largest absolute Gasteiger partial charge is 0.495 e. The molecule has 1 atom stereocenters. The van der Waals surface area contributed by atoms with Crippen LogP contribution in [0.4, 0.5) is 8.78 Å². The molecule has 1 aliphatic rings. The van der Waals surface area contributed by atoms with Crippen LogP contribution in [0, 0.1) is 29.9 Å². The Morgan fingerprint density at radius 2 is 2.00 bits per heavy atom. The lowest BCUT2D eigenvalue weighted by atomic mass is 9.75. The van der Waals surface area contributed by atoms with Crippen molar-refractivity contribution >= 4 is 12.2 Å². The Labute approximate surface area is 200 Å². The molecule has 1 aliphatic heterocycles. The first-order valence-corrected chi connectivity index (χ1v) is 11.1. The van der Waals surface area contributed by atoms with Crippen molar-refractivity contribution < 1.29 is 13.5 Å². The molecule has 0 fully saturated rings. The van der Waals surface area contributed by atoms with E-state index in [4.69, 9.17) is 4.74 Å². The molecule has 7 nitrogen and oxygen atoms in total. The highest BCUT2D eigenvalue weighted by atomic mass is 19.2. The zero-order valence-corrected chi connectivity index (χ0v) is 19.2. The average Bonchev–Trinajstić information content (AvgIpc) is 3.50. The number of rotatable bonds is 5. The van der Waals surface area contributed by atoms with E-state index in [2.05, 4.69) is 21.1 Å². The number of aryl methyl sites for hydroxylation is 2. The summed E-state index contributed by atoms with van der Waals surface area (Å²) >= 11 is 0. The summed E-state index contributed by atoms with van der Waals surface area (Å²) in [7, 11) is 1.61. The van der Waals surface area contributed by atoms with Crippen molar-refractivity contribution in [2.75, 3.05) is 7.11 Å². The van der Waals surface area contributed by atoms with Gasteiger partial charge in [-0.2, -0.15) is 10.4 Å². The third-order valence-electron chi connectivity index (χ3n) is 6.21. The monoisotopic (exact) mass is 472 g/mol. The fraction of sp³-hybridized carbons (Fsp3) is 0.231. The van der Waals surface area contributed by atoms with Crippen molar-refractivity contribution in [2.24, 2.45) is 0 Å². The van der Waals surface area contributed by atoms with Crippen molar-refractivity contribution in [3.63, 3.8) is 0 Å². The summed E-state index contributed by atoms with van der Waals surface area (Å²) < 4.78 is 36.6. The van der Waals surface area contributed by atoms with E-state index in [1.165, 1.54) is 6.07 Å². The number of nitriles is 1. The van der Waals surface area contributed by atoms with E-state index < -0.39 is 17.0 Å². The van der Waals surface area contributed by atoms with Gasteiger partial charge in [0.1, 0.15) is 11.2 Å². The number of halogens is 2. The number of nitrogens with zero attached hydrogens (tertiary/aromatic N) is 6. The Balaban J connectivity index is 1.47. The molecule has 0 saturated carbocycles. The number of hydrogen-bond donors (Lipinski definition) is 0. The van der Waals surface area contributed by atoms with E-state index in [0.29, 0.717) is 42.3 Å². The van der Waals surface area contributed by atoms with Gasteiger partial charge in [0.2, 0.25) is 0 Å². The maximum absolute atomic E-state index is 14.0. The van der Waals surface area contributed by atoms with E-state index in [-0.39, 0.29) is 0 Å². The zero-order valence-electron chi connectivity index (χ0n) is 19.2. The molecule has 0 N–H and O–H groups in total. The molecule has 0 saturated heterocycles. The molecule has 0 aliphatic carbocycles. The van der Waals surface area contributed by atoms with Gasteiger partial charge in [-0.3, -0.25) is 0 Å². The second kappa shape index (κ2) is 8.80. The van der Waals surface area contributed by atoms with E-state index >= 15 is 0 Å². The number of hydrogen-bond acceptors (Lipinski definition) is 5. The van der Waals surface area contributed by atoms with Crippen molar-refractivity contribution in [1.29, 1.82) is 5.26 Å². The summed E-state index contributed by atoms with van der Waals surface area (Å²) in [6.07, 6.45) is 8.38. The summed E-state index contributed by atoms with van der Waals surface area (Å²) in [5.41, 5.74) is 1.83. The molecule has 4 aromatic rings. The number of methoxy groups -OCH3 is 1. The molecule has 1 unspecified atom stereocenters. The Morgan fingerprint density at radius 3 is 2.71 bits per heavy atom. The highest BCUT2D eigenvalue weighted by Crippen LogP contribution is 2.39. The lowest BCUT2D eigenvalue weighted by molar-refractivity contribution is 0.390.